The SMILES string of the molecule is CCCNC(=O)C1=C(O)CN(c2ccccc2)C1=O. The second kappa shape index (κ2) is 5.56. The standard InChI is InChI=1S/C14H16N2O3/c1-2-8-15-13(18)12-11(17)9-16(14(12)19)10-6-4-3-5-7-10/h3-7,17H,2,8-9H2,1H3,(H,15,18). The average Bonchev–Trinajstić information content (AvgIpc) is 2.72. The third-order valence-electron chi connectivity index (χ3n) is 2.89. The summed E-state index contributed by atoms with van der Waals surface area (Å²) in [5.74, 6) is -1.15. The zero-order chi connectivity index (χ0) is 13.8. The second-order valence-electron chi connectivity index (χ2n) is 4.30. The van der Waals surface area contributed by atoms with Crippen LogP contribution in [0.15, 0.2) is 41.7 Å². The van der Waals surface area contributed by atoms with Gasteiger partial charge in [0.2, 0.25) is 0 Å². The fraction of sp³-hybridized carbons (Fsp3) is 0.286. The molecule has 19 heavy (non-hydrogen) atoms. The van der Waals surface area contributed by atoms with E-state index in [0.717, 1.165) is 6.42 Å². The Morgan fingerprint density at radius 3 is 2.68 bits per heavy atom. The molecule has 2 amide bonds. The van der Waals surface area contributed by atoms with Crippen molar-refractivity contribution >= 4 is 17.5 Å². The zero-order valence-corrected chi connectivity index (χ0v) is 10.7. The summed E-state index contributed by atoms with van der Waals surface area (Å²) in [6, 6.07) is 8.96. The summed E-state index contributed by atoms with van der Waals surface area (Å²) in [7, 11) is 0. The van der Waals surface area contributed by atoms with E-state index in [0.29, 0.717) is 12.2 Å². The lowest BCUT2D eigenvalue weighted by Crippen LogP contribution is -2.33. The van der Waals surface area contributed by atoms with Gasteiger partial charge in [-0.2, -0.15) is 0 Å². The predicted octanol–water partition coefficient (Wildman–Crippen LogP) is 1.37. The Labute approximate surface area is 111 Å². The average molecular weight is 260 g/mol. The number of amides is 2. The van der Waals surface area contributed by atoms with Gasteiger partial charge in [0.25, 0.3) is 11.8 Å². The summed E-state index contributed by atoms with van der Waals surface area (Å²) in [5.41, 5.74) is 0.509. The molecule has 1 aromatic carbocycles. The minimum absolute atomic E-state index is 0.0394. The summed E-state index contributed by atoms with van der Waals surface area (Å²) in [4.78, 5) is 25.4. The van der Waals surface area contributed by atoms with E-state index in [2.05, 4.69) is 5.32 Å². The summed E-state index contributed by atoms with van der Waals surface area (Å²) in [6.07, 6.45) is 0.774. The zero-order valence-electron chi connectivity index (χ0n) is 10.7. The van der Waals surface area contributed by atoms with Gasteiger partial charge in [0, 0.05) is 12.2 Å². The van der Waals surface area contributed by atoms with Crippen LogP contribution >= 0.6 is 0 Å². The van der Waals surface area contributed by atoms with Gasteiger partial charge in [0.1, 0.15) is 11.3 Å². The third kappa shape index (κ3) is 2.59. The molecule has 0 saturated heterocycles. The van der Waals surface area contributed by atoms with E-state index in [1.54, 1.807) is 24.3 Å². The first-order chi connectivity index (χ1) is 9.15. The van der Waals surface area contributed by atoms with Gasteiger partial charge in [-0.25, -0.2) is 0 Å². The van der Waals surface area contributed by atoms with Crippen LogP contribution in [0.1, 0.15) is 13.3 Å². The number of carbonyl (C=O) groups is 2. The number of anilines is 1. The molecule has 100 valence electrons. The molecular weight excluding hydrogens is 244 g/mol. The molecule has 1 aliphatic rings. The van der Waals surface area contributed by atoms with Crippen LogP contribution in [0, 0.1) is 0 Å². The van der Waals surface area contributed by atoms with Gasteiger partial charge in [-0.3, -0.25) is 9.59 Å². The molecule has 0 aliphatic carbocycles. The lowest BCUT2D eigenvalue weighted by Gasteiger charge is -2.15. The Hall–Kier alpha value is -2.30. The molecular formula is C14H16N2O3. The van der Waals surface area contributed by atoms with Crippen LogP contribution < -0.4 is 10.2 Å². The highest BCUT2D eigenvalue weighted by atomic mass is 16.3. The molecule has 0 fully saturated rings. The first-order valence-electron chi connectivity index (χ1n) is 6.22. The Morgan fingerprint density at radius 1 is 1.37 bits per heavy atom. The third-order valence-corrected chi connectivity index (χ3v) is 2.89. The number of benzene rings is 1. The van der Waals surface area contributed by atoms with Gasteiger partial charge in [0.15, 0.2) is 0 Å². The molecule has 0 bridgehead atoms. The Kier molecular flexibility index (Phi) is 3.85. The summed E-state index contributed by atoms with van der Waals surface area (Å²) in [6.45, 7) is 2.44. The van der Waals surface area contributed by atoms with Crippen molar-refractivity contribution in [3.05, 3.63) is 41.7 Å². The van der Waals surface area contributed by atoms with E-state index in [1.807, 2.05) is 13.0 Å². The molecule has 0 unspecified atom stereocenters. The minimum atomic E-state index is -0.511. The molecule has 1 heterocycles. The Balaban J connectivity index is 2.17. The van der Waals surface area contributed by atoms with E-state index in [-0.39, 0.29) is 17.9 Å². The van der Waals surface area contributed by atoms with Gasteiger partial charge in [0.05, 0.1) is 6.54 Å². The molecule has 5 heteroatoms. The number of rotatable bonds is 4. The van der Waals surface area contributed by atoms with Crippen LogP contribution in [0.4, 0.5) is 5.69 Å². The maximum absolute atomic E-state index is 12.2. The molecule has 0 aromatic heterocycles. The number of aliphatic hydroxyl groups is 1. The normalized spacial score (nSPS) is 15.0. The smallest absolute Gasteiger partial charge is 0.267 e. The van der Waals surface area contributed by atoms with Gasteiger partial charge >= 0.3 is 0 Å². The van der Waals surface area contributed by atoms with Crippen LogP contribution in [0.2, 0.25) is 0 Å². The van der Waals surface area contributed by atoms with Crippen molar-refractivity contribution in [2.24, 2.45) is 0 Å². The number of para-hydroxylation sites is 1. The fourth-order valence-corrected chi connectivity index (χ4v) is 1.93. The molecule has 0 atom stereocenters. The van der Waals surface area contributed by atoms with Gasteiger partial charge in [-0.15, -0.1) is 0 Å². The van der Waals surface area contributed by atoms with Gasteiger partial charge in [-0.1, -0.05) is 25.1 Å². The van der Waals surface area contributed by atoms with Crippen molar-refractivity contribution in [2.75, 3.05) is 18.0 Å². The van der Waals surface area contributed by atoms with Crippen LogP contribution in [0.3, 0.4) is 0 Å². The second-order valence-corrected chi connectivity index (χ2v) is 4.30. The number of nitrogens with one attached hydrogen (secondary N) is 1. The van der Waals surface area contributed by atoms with E-state index in [9.17, 15) is 14.7 Å². The Morgan fingerprint density at radius 2 is 2.05 bits per heavy atom. The number of nitrogens with zero attached hydrogens (tertiary/aromatic N) is 1. The van der Waals surface area contributed by atoms with Crippen molar-refractivity contribution in [1.82, 2.24) is 5.32 Å². The largest absolute Gasteiger partial charge is 0.509 e. The van der Waals surface area contributed by atoms with E-state index >= 15 is 0 Å². The van der Waals surface area contributed by atoms with Crippen LogP contribution in [-0.4, -0.2) is 30.0 Å². The maximum atomic E-state index is 12.2. The summed E-state index contributed by atoms with van der Waals surface area (Å²) < 4.78 is 0. The van der Waals surface area contributed by atoms with Crippen molar-refractivity contribution in [1.29, 1.82) is 0 Å². The predicted molar refractivity (Wildman–Crippen MR) is 71.8 cm³/mol. The topological polar surface area (TPSA) is 69.6 Å². The quantitative estimate of drug-likeness (QED) is 0.803. The van der Waals surface area contributed by atoms with Crippen LogP contribution in [0.5, 0.6) is 0 Å². The van der Waals surface area contributed by atoms with Gasteiger partial charge < -0.3 is 15.3 Å². The summed E-state index contributed by atoms with van der Waals surface area (Å²) in [5, 5.41) is 12.4. The molecule has 2 rings (SSSR count). The monoisotopic (exact) mass is 260 g/mol. The highest BCUT2D eigenvalue weighted by Gasteiger charge is 2.35. The lowest BCUT2D eigenvalue weighted by atomic mass is 10.2. The molecule has 0 spiro atoms. The van der Waals surface area contributed by atoms with Gasteiger partial charge in [-0.05, 0) is 18.6 Å². The van der Waals surface area contributed by atoms with E-state index < -0.39 is 11.8 Å². The lowest BCUT2D eigenvalue weighted by molar-refractivity contribution is -0.122. The first-order valence-corrected chi connectivity index (χ1v) is 6.22. The van der Waals surface area contributed by atoms with Crippen LogP contribution in [0.25, 0.3) is 0 Å². The molecule has 1 aliphatic heterocycles. The minimum Gasteiger partial charge on any atom is -0.509 e. The summed E-state index contributed by atoms with van der Waals surface area (Å²) >= 11 is 0. The van der Waals surface area contributed by atoms with Crippen molar-refractivity contribution in [2.45, 2.75) is 13.3 Å². The van der Waals surface area contributed by atoms with E-state index in [4.69, 9.17) is 0 Å². The highest BCUT2D eigenvalue weighted by molar-refractivity contribution is 6.26. The molecule has 0 saturated carbocycles. The maximum Gasteiger partial charge on any atom is 0.267 e. The molecule has 2 N–H and O–H groups in total. The number of carbonyl (C=O) groups excluding carboxylic acids is 2. The number of aliphatic hydroxyl groups excluding tert-OH is 1. The van der Waals surface area contributed by atoms with Crippen molar-refractivity contribution < 1.29 is 14.7 Å². The van der Waals surface area contributed by atoms with Crippen molar-refractivity contribution in [3.8, 4) is 0 Å². The molecule has 0 radical (unpaired) electrons. The fourth-order valence-electron chi connectivity index (χ4n) is 1.93. The van der Waals surface area contributed by atoms with E-state index in [1.165, 1.54) is 4.90 Å². The molecule has 1 aromatic rings. The Bertz CT molecular complexity index is 523. The molecule has 5 nitrogen and oxygen atoms in total. The first kappa shape index (κ1) is 13.1. The van der Waals surface area contributed by atoms with Crippen LogP contribution in [-0.2, 0) is 9.59 Å². The highest BCUT2D eigenvalue weighted by Crippen LogP contribution is 2.24. The number of hydrogen-bond acceptors (Lipinski definition) is 3. The van der Waals surface area contributed by atoms with Crippen molar-refractivity contribution in [3.63, 3.8) is 0 Å². The number of hydrogen-bond donors (Lipinski definition) is 2.